The first-order chi connectivity index (χ1) is 10.3. The number of carbonyl (C=O) groups is 2. The molecule has 0 aliphatic heterocycles. The topological polar surface area (TPSA) is 79.2 Å². The van der Waals surface area contributed by atoms with E-state index in [2.05, 4.69) is 17.2 Å². The fraction of sp³-hybridized carbons (Fsp3) is 0.353. The minimum Gasteiger partial charge on any atom is -0.444 e. The van der Waals surface area contributed by atoms with Crippen LogP contribution in [0.1, 0.15) is 43.1 Å². The molecule has 1 rings (SSSR count). The maximum Gasteiger partial charge on any atom is 0.408 e. The maximum absolute atomic E-state index is 11.5. The molecule has 0 aliphatic carbocycles. The van der Waals surface area contributed by atoms with Gasteiger partial charge in [0.15, 0.2) is 5.78 Å². The summed E-state index contributed by atoms with van der Waals surface area (Å²) in [5.74, 6) is 5.44. The molecule has 0 aliphatic rings. The van der Waals surface area contributed by atoms with Gasteiger partial charge in [-0.1, -0.05) is 24.0 Å². The lowest BCUT2D eigenvalue weighted by Crippen LogP contribution is -2.32. The molecule has 114 valence electrons. The molecular formula is C17H18N2O3. The largest absolute Gasteiger partial charge is 0.444 e. The lowest BCUT2D eigenvalue weighted by Gasteiger charge is -2.18. The van der Waals surface area contributed by atoms with Crippen molar-refractivity contribution in [1.29, 1.82) is 5.26 Å². The predicted molar refractivity (Wildman–Crippen MR) is 82.1 cm³/mol. The van der Waals surface area contributed by atoms with Crippen LogP contribution in [-0.4, -0.2) is 24.0 Å². The average Bonchev–Trinajstić information content (AvgIpc) is 2.42. The molecule has 0 radical (unpaired) electrons. The van der Waals surface area contributed by atoms with Gasteiger partial charge in [-0.15, -0.1) is 0 Å². The Kier molecular flexibility index (Phi) is 6.16. The van der Waals surface area contributed by atoms with E-state index in [-0.39, 0.29) is 18.7 Å². The van der Waals surface area contributed by atoms with Crippen LogP contribution in [0.15, 0.2) is 24.3 Å². The number of nitrogens with one attached hydrogen (secondary N) is 1. The Morgan fingerprint density at radius 3 is 2.41 bits per heavy atom. The number of hydrogen-bond acceptors (Lipinski definition) is 4. The van der Waals surface area contributed by atoms with E-state index >= 15 is 0 Å². The van der Waals surface area contributed by atoms with Crippen LogP contribution in [0.3, 0.4) is 0 Å². The first-order valence-corrected chi connectivity index (χ1v) is 6.78. The van der Waals surface area contributed by atoms with Crippen LogP contribution in [0, 0.1) is 23.2 Å². The van der Waals surface area contributed by atoms with E-state index in [1.807, 2.05) is 6.07 Å². The van der Waals surface area contributed by atoms with Crippen molar-refractivity contribution < 1.29 is 14.3 Å². The van der Waals surface area contributed by atoms with Gasteiger partial charge in [0.05, 0.1) is 19.0 Å². The van der Waals surface area contributed by atoms with Crippen LogP contribution in [0.25, 0.3) is 0 Å². The molecular weight excluding hydrogens is 280 g/mol. The van der Waals surface area contributed by atoms with Crippen LogP contribution in [0.4, 0.5) is 4.79 Å². The van der Waals surface area contributed by atoms with Gasteiger partial charge in [0.1, 0.15) is 5.60 Å². The average molecular weight is 298 g/mol. The summed E-state index contributed by atoms with van der Waals surface area (Å²) in [7, 11) is 0. The quantitative estimate of drug-likeness (QED) is 0.687. The molecule has 0 aromatic heterocycles. The summed E-state index contributed by atoms with van der Waals surface area (Å²) in [5.41, 5.74) is 0.669. The number of alkyl carbamates (subject to hydrolysis) is 1. The Bertz CT molecular complexity index is 638. The number of benzene rings is 1. The standard InChI is InChI=1S/C17H18N2O3/c1-17(2,3)22-16(21)19-12-4-5-13-6-8-14(9-7-13)15(20)10-11-18/h6-9H,10,12H2,1-3H3,(H,19,21). The minimum atomic E-state index is -0.538. The Hall–Kier alpha value is -2.79. The fourth-order valence-electron chi connectivity index (χ4n) is 1.49. The summed E-state index contributed by atoms with van der Waals surface area (Å²) < 4.78 is 5.07. The molecule has 5 nitrogen and oxygen atoms in total. The van der Waals surface area contributed by atoms with Crippen molar-refractivity contribution >= 4 is 11.9 Å². The number of ketones is 1. The second-order valence-electron chi connectivity index (χ2n) is 5.49. The second-order valence-corrected chi connectivity index (χ2v) is 5.49. The van der Waals surface area contributed by atoms with Gasteiger partial charge in [-0.2, -0.15) is 5.26 Å². The summed E-state index contributed by atoms with van der Waals surface area (Å²) in [6.07, 6.45) is -0.649. The van der Waals surface area contributed by atoms with Crippen LogP contribution in [0.5, 0.6) is 0 Å². The molecule has 1 aromatic carbocycles. The van der Waals surface area contributed by atoms with Crippen LogP contribution in [-0.2, 0) is 4.74 Å². The molecule has 22 heavy (non-hydrogen) atoms. The van der Waals surface area contributed by atoms with E-state index in [1.54, 1.807) is 45.0 Å². The number of nitrogens with zero attached hydrogens (tertiary/aromatic N) is 1. The normalized spacial score (nSPS) is 9.91. The van der Waals surface area contributed by atoms with Gasteiger partial charge in [0, 0.05) is 11.1 Å². The molecule has 0 heterocycles. The summed E-state index contributed by atoms with van der Waals surface area (Å²) in [6, 6.07) is 8.48. The molecule has 1 N–H and O–H groups in total. The number of ether oxygens (including phenoxy) is 1. The van der Waals surface area contributed by atoms with E-state index in [9.17, 15) is 9.59 Å². The number of nitriles is 1. The van der Waals surface area contributed by atoms with Gasteiger partial charge in [0.25, 0.3) is 0 Å². The lowest BCUT2D eigenvalue weighted by atomic mass is 10.1. The number of amides is 1. The number of carbonyl (C=O) groups excluding carboxylic acids is 2. The first kappa shape index (κ1) is 17.3. The van der Waals surface area contributed by atoms with Gasteiger partial charge in [-0.05, 0) is 32.9 Å². The molecule has 5 heteroatoms. The lowest BCUT2D eigenvalue weighted by molar-refractivity contribution is 0.0535. The Morgan fingerprint density at radius 1 is 1.23 bits per heavy atom. The van der Waals surface area contributed by atoms with Crippen molar-refractivity contribution in [1.82, 2.24) is 5.32 Å². The van der Waals surface area contributed by atoms with Crippen LogP contribution in [0.2, 0.25) is 0 Å². The predicted octanol–water partition coefficient (Wildman–Crippen LogP) is 2.66. The molecule has 1 aromatic rings. The van der Waals surface area contributed by atoms with Crippen molar-refractivity contribution in [2.75, 3.05) is 6.54 Å². The molecule has 0 atom stereocenters. The second kappa shape index (κ2) is 7.85. The number of hydrogen-bond donors (Lipinski definition) is 1. The molecule has 0 unspecified atom stereocenters. The number of rotatable bonds is 3. The highest BCUT2D eigenvalue weighted by molar-refractivity contribution is 5.97. The molecule has 0 saturated heterocycles. The van der Waals surface area contributed by atoms with E-state index in [0.717, 1.165) is 5.56 Å². The summed E-state index contributed by atoms with van der Waals surface area (Å²) >= 11 is 0. The van der Waals surface area contributed by atoms with E-state index in [1.165, 1.54) is 0 Å². The van der Waals surface area contributed by atoms with Gasteiger partial charge < -0.3 is 10.1 Å². The van der Waals surface area contributed by atoms with Gasteiger partial charge in [-0.25, -0.2) is 4.79 Å². The smallest absolute Gasteiger partial charge is 0.408 e. The highest BCUT2D eigenvalue weighted by Gasteiger charge is 2.14. The minimum absolute atomic E-state index is 0.134. The molecule has 0 fully saturated rings. The van der Waals surface area contributed by atoms with Crippen molar-refractivity contribution in [2.45, 2.75) is 32.8 Å². The Balaban J connectivity index is 2.51. The molecule has 0 bridgehead atoms. The van der Waals surface area contributed by atoms with Gasteiger partial charge in [0.2, 0.25) is 0 Å². The zero-order valence-corrected chi connectivity index (χ0v) is 12.9. The summed E-state index contributed by atoms with van der Waals surface area (Å²) in [6.45, 7) is 5.53. The van der Waals surface area contributed by atoms with Crippen molar-refractivity contribution in [2.24, 2.45) is 0 Å². The van der Waals surface area contributed by atoms with Crippen LogP contribution < -0.4 is 5.32 Å². The highest BCUT2D eigenvalue weighted by Crippen LogP contribution is 2.07. The monoisotopic (exact) mass is 298 g/mol. The first-order valence-electron chi connectivity index (χ1n) is 6.78. The zero-order valence-electron chi connectivity index (χ0n) is 12.9. The Morgan fingerprint density at radius 2 is 1.86 bits per heavy atom. The third-order valence-electron chi connectivity index (χ3n) is 2.40. The highest BCUT2D eigenvalue weighted by atomic mass is 16.6. The van der Waals surface area contributed by atoms with Gasteiger partial charge in [-0.3, -0.25) is 4.79 Å². The molecule has 1 amide bonds. The van der Waals surface area contributed by atoms with Crippen molar-refractivity contribution in [3.63, 3.8) is 0 Å². The van der Waals surface area contributed by atoms with E-state index in [0.29, 0.717) is 5.56 Å². The van der Waals surface area contributed by atoms with Crippen LogP contribution >= 0.6 is 0 Å². The van der Waals surface area contributed by atoms with Crippen molar-refractivity contribution in [3.05, 3.63) is 35.4 Å². The third-order valence-corrected chi connectivity index (χ3v) is 2.40. The molecule has 0 spiro atoms. The van der Waals surface area contributed by atoms with Crippen molar-refractivity contribution in [3.8, 4) is 17.9 Å². The third kappa shape index (κ3) is 6.58. The van der Waals surface area contributed by atoms with Gasteiger partial charge >= 0.3 is 6.09 Å². The SMILES string of the molecule is CC(C)(C)OC(=O)NCC#Cc1ccc(C(=O)CC#N)cc1. The maximum atomic E-state index is 11.5. The van der Waals surface area contributed by atoms with E-state index < -0.39 is 11.7 Å². The zero-order chi connectivity index (χ0) is 16.6. The fourth-order valence-corrected chi connectivity index (χ4v) is 1.49. The number of Topliss-reactive ketones (excluding diaryl/α,β-unsaturated/α-hetero) is 1. The molecule has 0 saturated carbocycles. The van der Waals surface area contributed by atoms with E-state index in [4.69, 9.17) is 10.00 Å². The summed E-state index contributed by atoms with van der Waals surface area (Å²) in [5, 5.41) is 11.0. The summed E-state index contributed by atoms with van der Waals surface area (Å²) in [4.78, 5) is 22.9. The Labute approximate surface area is 130 Å².